The first kappa shape index (κ1) is 19.9. The van der Waals surface area contributed by atoms with Crippen molar-refractivity contribution in [3.8, 4) is 0 Å². The predicted molar refractivity (Wildman–Crippen MR) is 110 cm³/mol. The summed E-state index contributed by atoms with van der Waals surface area (Å²) in [5.41, 5.74) is 0.445. The molecule has 0 bridgehead atoms. The van der Waals surface area contributed by atoms with Gasteiger partial charge < -0.3 is 14.0 Å². The van der Waals surface area contributed by atoms with Crippen LogP contribution in [0.2, 0.25) is 0 Å². The van der Waals surface area contributed by atoms with E-state index in [4.69, 9.17) is 4.52 Å². The third-order valence-electron chi connectivity index (χ3n) is 6.52. The van der Waals surface area contributed by atoms with E-state index < -0.39 is 11.7 Å². The molecule has 0 amide bonds. The first-order valence-electron chi connectivity index (χ1n) is 10.4. The van der Waals surface area contributed by atoms with Crippen LogP contribution in [0.1, 0.15) is 23.2 Å². The minimum Gasteiger partial charge on any atom is -0.371 e. The maximum absolute atomic E-state index is 13.0. The van der Waals surface area contributed by atoms with Crippen molar-refractivity contribution in [2.75, 3.05) is 18.0 Å². The molecule has 0 unspecified atom stereocenters. The molecule has 12 heteroatoms. The summed E-state index contributed by atoms with van der Waals surface area (Å²) in [7, 11) is 1.72. The first-order chi connectivity index (χ1) is 15.8. The summed E-state index contributed by atoms with van der Waals surface area (Å²) in [6.07, 6.45) is -1.43. The van der Waals surface area contributed by atoms with Gasteiger partial charge in [0.05, 0.1) is 11.9 Å². The number of halogens is 3. The largest absolute Gasteiger partial charge is 0.416 e. The molecular weight excluding hydrogens is 439 g/mol. The van der Waals surface area contributed by atoms with Crippen LogP contribution in [0.3, 0.4) is 0 Å². The quantitative estimate of drug-likeness (QED) is 0.465. The molecule has 3 atom stereocenters. The SMILES string of the molecule is Cn1cnc2ncn(Cc3nc([C@@H]4[C@@H]5CN(c6cccc(C(F)(F)F)c6)C[C@@H]54)no3)c(=O)c21. The molecule has 2 aliphatic rings. The summed E-state index contributed by atoms with van der Waals surface area (Å²) in [6, 6.07) is 5.41. The van der Waals surface area contributed by atoms with Crippen LogP contribution in [-0.4, -0.2) is 42.3 Å². The fourth-order valence-corrected chi connectivity index (χ4v) is 4.80. The number of hydrogen-bond donors (Lipinski definition) is 0. The highest BCUT2D eigenvalue weighted by molar-refractivity contribution is 5.68. The summed E-state index contributed by atoms with van der Waals surface area (Å²) >= 11 is 0. The van der Waals surface area contributed by atoms with Gasteiger partial charge in [0.25, 0.3) is 5.56 Å². The fourth-order valence-electron chi connectivity index (χ4n) is 4.80. The van der Waals surface area contributed by atoms with Crippen molar-refractivity contribution in [2.24, 2.45) is 18.9 Å². The lowest BCUT2D eigenvalue weighted by Gasteiger charge is -2.22. The van der Waals surface area contributed by atoms with Crippen LogP contribution in [0.15, 0.2) is 46.2 Å². The van der Waals surface area contributed by atoms with Gasteiger partial charge in [0.15, 0.2) is 17.0 Å². The van der Waals surface area contributed by atoms with Crippen molar-refractivity contribution < 1.29 is 17.7 Å². The Morgan fingerprint density at radius 2 is 1.91 bits per heavy atom. The van der Waals surface area contributed by atoms with Crippen molar-refractivity contribution in [1.82, 2.24) is 29.2 Å². The Morgan fingerprint density at radius 3 is 2.67 bits per heavy atom. The summed E-state index contributed by atoms with van der Waals surface area (Å²) in [5.74, 6) is 1.51. The van der Waals surface area contributed by atoms with Gasteiger partial charge in [0.2, 0.25) is 5.89 Å². The van der Waals surface area contributed by atoms with E-state index in [1.807, 2.05) is 4.90 Å². The summed E-state index contributed by atoms with van der Waals surface area (Å²) < 4.78 is 47.4. The predicted octanol–water partition coefficient (Wildman–Crippen LogP) is 2.43. The number of nitrogens with zero attached hydrogens (tertiary/aromatic N) is 7. The number of piperidine rings is 1. The molecule has 4 heterocycles. The Balaban J connectivity index is 1.15. The Hall–Kier alpha value is -3.70. The molecule has 1 aliphatic heterocycles. The summed E-state index contributed by atoms with van der Waals surface area (Å²) in [6.45, 7) is 1.38. The fraction of sp³-hybridized carbons (Fsp3) is 0.381. The molecule has 2 fully saturated rings. The third-order valence-corrected chi connectivity index (χ3v) is 6.52. The van der Waals surface area contributed by atoms with Gasteiger partial charge in [-0.1, -0.05) is 11.2 Å². The van der Waals surface area contributed by atoms with Crippen LogP contribution < -0.4 is 10.5 Å². The molecule has 1 saturated carbocycles. The Morgan fingerprint density at radius 1 is 1.15 bits per heavy atom. The standard InChI is InChI=1S/C21H18F3N7O2/c1-29-9-25-19-17(29)20(32)31(10-26-19)8-15-27-18(28-33-15)16-13-6-30(7-14(13)16)12-4-2-3-11(5-12)21(22,23)24/h2-5,9-10,13-14,16H,6-8H2,1H3/t13-,14+,16-. The van der Waals surface area contributed by atoms with Gasteiger partial charge in [0, 0.05) is 31.7 Å². The van der Waals surface area contributed by atoms with E-state index in [9.17, 15) is 18.0 Å². The molecule has 3 aromatic heterocycles. The summed E-state index contributed by atoms with van der Waals surface area (Å²) in [4.78, 5) is 27.4. The zero-order chi connectivity index (χ0) is 22.9. The zero-order valence-corrected chi connectivity index (χ0v) is 17.4. The second-order valence-electron chi connectivity index (χ2n) is 8.56. The van der Waals surface area contributed by atoms with Crippen molar-refractivity contribution in [3.63, 3.8) is 0 Å². The normalized spacial score (nSPS) is 22.2. The Bertz CT molecular complexity index is 1410. The molecule has 33 heavy (non-hydrogen) atoms. The molecule has 9 nitrogen and oxygen atoms in total. The lowest BCUT2D eigenvalue weighted by Crippen LogP contribution is -2.24. The number of rotatable bonds is 4. The van der Waals surface area contributed by atoms with Crippen LogP contribution in [0.5, 0.6) is 0 Å². The van der Waals surface area contributed by atoms with Crippen LogP contribution in [-0.2, 0) is 19.8 Å². The zero-order valence-electron chi connectivity index (χ0n) is 17.4. The number of alkyl halides is 3. The van der Waals surface area contributed by atoms with E-state index in [0.29, 0.717) is 41.7 Å². The second kappa shape index (κ2) is 6.90. The highest BCUT2D eigenvalue weighted by Gasteiger charge is 2.58. The molecule has 6 rings (SSSR count). The number of aryl methyl sites for hydroxylation is 1. The average Bonchev–Trinajstić information content (AvgIpc) is 3.20. The van der Waals surface area contributed by atoms with Gasteiger partial charge in [-0.3, -0.25) is 9.36 Å². The van der Waals surface area contributed by atoms with Gasteiger partial charge in [-0.05, 0) is 30.0 Å². The van der Waals surface area contributed by atoms with E-state index in [2.05, 4.69) is 20.1 Å². The lowest BCUT2D eigenvalue weighted by molar-refractivity contribution is -0.137. The van der Waals surface area contributed by atoms with Gasteiger partial charge in [-0.2, -0.15) is 18.2 Å². The number of fused-ring (bicyclic) bond motifs is 2. The topological polar surface area (TPSA) is 94.9 Å². The molecular formula is C21H18F3N7O2. The number of hydrogen-bond acceptors (Lipinski definition) is 7. The molecule has 1 saturated heterocycles. The van der Waals surface area contributed by atoms with Gasteiger partial charge in [-0.15, -0.1) is 0 Å². The van der Waals surface area contributed by atoms with Crippen molar-refractivity contribution in [1.29, 1.82) is 0 Å². The average molecular weight is 457 g/mol. The highest BCUT2D eigenvalue weighted by atomic mass is 19.4. The minimum atomic E-state index is -4.36. The number of imidazole rings is 1. The second-order valence-corrected chi connectivity index (χ2v) is 8.56. The molecule has 170 valence electrons. The number of benzene rings is 1. The third kappa shape index (κ3) is 3.28. The van der Waals surface area contributed by atoms with Crippen molar-refractivity contribution >= 4 is 16.9 Å². The van der Waals surface area contributed by atoms with Crippen LogP contribution in [0, 0.1) is 11.8 Å². The van der Waals surface area contributed by atoms with E-state index in [0.717, 1.165) is 6.07 Å². The van der Waals surface area contributed by atoms with Crippen molar-refractivity contribution in [3.05, 3.63) is 64.6 Å². The van der Waals surface area contributed by atoms with E-state index in [1.165, 1.54) is 29.4 Å². The van der Waals surface area contributed by atoms with Gasteiger partial charge in [0.1, 0.15) is 12.9 Å². The Labute approximate surface area is 184 Å². The number of anilines is 1. The maximum Gasteiger partial charge on any atom is 0.416 e. The summed E-state index contributed by atoms with van der Waals surface area (Å²) in [5, 5.41) is 4.09. The lowest BCUT2D eigenvalue weighted by atomic mass is 10.1. The highest BCUT2D eigenvalue weighted by Crippen LogP contribution is 2.58. The minimum absolute atomic E-state index is 0.0956. The first-order valence-corrected chi connectivity index (χ1v) is 10.4. The van der Waals surface area contributed by atoms with Gasteiger partial charge >= 0.3 is 6.18 Å². The molecule has 0 N–H and O–H groups in total. The van der Waals surface area contributed by atoms with E-state index in [-0.39, 0.29) is 29.9 Å². The molecule has 0 radical (unpaired) electrons. The number of aromatic nitrogens is 6. The van der Waals surface area contributed by atoms with Crippen molar-refractivity contribution in [2.45, 2.75) is 18.6 Å². The van der Waals surface area contributed by atoms with Gasteiger partial charge in [-0.25, -0.2) is 9.97 Å². The van der Waals surface area contributed by atoms with E-state index in [1.54, 1.807) is 17.7 Å². The molecule has 1 aliphatic carbocycles. The van der Waals surface area contributed by atoms with Crippen LogP contribution in [0.25, 0.3) is 11.2 Å². The van der Waals surface area contributed by atoms with Crippen LogP contribution >= 0.6 is 0 Å². The van der Waals surface area contributed by atoms with Crippen LogP contribution in [0.4, 0.5) is 18.9 Å². The molecule has 0 spiro atoms. The maximum atomic E-state index is 13.0. The Kier molecular flexibility index (Phi) is 4.17. The smallest absolute Gasteiger partial charge is 0.371 e. The van der Waals surface area contributed by atoms with E-state index >= 15 is 0 Å². The molecule has 1 aromatic carbocycles. The monoisotopic (exact) mass is 457 g/mol. The molecule has 4 aromatic rings.